The number of hydrogen-bond donors (Lipinski definition) is 4. The molecule has 2 bridgehead atoms. The molecule has 3 saturated heterocycles. The number of aliphatic hydroxyl groups excluding tert-OH is 3. The number of rotatable bonds is 3. The second-order valence-corrected chi connectivity index (χ2v) is 11.5. The van der Waals surface area contributed by atoms with E-state index in [-0.39, 0.29) is 12.5 Å². The molecular formula is C25H36O9. The van der Waals surface area contributed by atoms with Crippen molar-refractivity contribution in [2.24, 2.45) is 40.4 Å². The van der Waals surface area contributed by atoms with Crippen molar-refractivity contribution >= 4 is 11.9 Å². The highest BCUT2D eigenvalue weighted by Crippen LogP contribution is 2.72. The molecule has 6 aliphatic rings. The van der Waals surface area contributed by atoms with Gasteiger partial charge in [0.25, 0.3) is 0 Å². The lowest BCUT2D eigenvalue weighted by Crippen LogP contribution is -2.84. The van der Waals surface area contributed by atoms with Crippen molar-refractivity contribution in [1.29, 1.82) is 0 Å². The van der Waals surface area contributed by atoms with Crippen LogP contribution in [-0.4, -0.2) is 75.3 Å². The molecule has 2 saturated carbocycles. The standard InChI is InChI=1S/C25H36O9/c1-6-10(2)21(29)34-20-22(30)33-15-8-13-11(3)7-14(26)19(28)23(13,5)17-16(15)24(20)9-32-25(17,31)18(27)12(24)4/h7,10,12-20,26-28,31H,6,8-9H2,1-5H3/t10-,12+,13+,14+,15+,16-,17+,18-,19-,20+,23+,24-,25+/m1/s1. The third-order valence-corrected chi connectivity index (χ3v) is 10.2. The maximum absolute atomic E-state index is 13.3. The van der Waals surface area contributed by atoms with Gasteiger partial charge in [0, 0.05) is 17.3 Å². The van der Waals surface area contributed by atoms with Gasteiger partial charge in [0.15, 0.2) is 5.79 Å². The van der Waals surface area contributed by atoms with Crippen molar-refractivity contribution < 1.29 is 44.2 Å². The molecule has 3 aliphatic heterocycles. The Kier molecular flexibility index (Phi) is 5.33. The van der Waals surface area contributed by atoms with Crippen molar-refractivity contribution in [3.8, 4) is 0 Å². The maximum atomic E-state index is 13.3. The van der Waals surface area contributed by atoms with E-state index in [2.05, 4.69) is 0 Å². The Bertz CT molecular complexity index is 933. The zero-order valence-corrected chi connectivity index (χ0v) is 20.3. The second-order valence-electron chi connectivity index (χ2n) is 11.5. The molecule has 0 aromatic rings. The van der Waals surface area contributed by atoms with E-state index in [1.54, 1.807) is 26.8 Å². The lowest BCUT2D eigenvalue weighted by molar-refractivity contribution is -0.449. The predicted octanol–water partition coefficient (Wildman–Crippen LogP) is 0.526. The van der Waals surface area contributed by atoms with Crippen LogP contribution in [0.3, 0.4) is 0 Å². The van der Waals surface area contributed by atoms with Crippen LogP contribution in [0.4, 0.5) is 0 Å². The summed E-state index contributed by atoms with van der Waals surface area (Å²) in [4.78, 5) is 26.1. The van der Waals surface area contributed by atoms with Crippen molar-refractivity contribution in [2.75, 3.05) is 6.61 Å². The molecule has 0 aromatic carbocycles. The highest BCUT2D eigenvalue weighted by molar-refractivity contribution is 5.82. The summed E-state index contributed by atoms with van der Waals surface area (Å²) in [6.45, 7) is 8.85. The van der Waals surface area contributed by atoms with Crippen LogP contribution in [0.5, 0.6) is 0 Å². The molecular weight excluding hydrogens is 444 g/mol. The van der Waals surface area contributed by atoms with Crippen LogP contribution in [0.2, 0.25) is 0 Å². The minimum absolute atomic E-state index is 0.0961. The lowest BCUT2D eigenvalue weighted by atomic mass is 9.37. The fourth-order valence-electron chi connectivity index (χ4n) is 8.10. The van der Waals surface area contributed by atoms with Gasteiger partial charge in [-0.25, -0.2) is 4.79 Å². The van der Waals surface area contributed by atoms with Crippen molar-refractivity contribution in [3.05, 3.63) is 11.6 Å². The molecule has 13 atom stereocenters. The number of hydrogen-bond acceptors (Lipinski definition) is 9. The Hall–Kier alpha value is -1.52. The molecule has 9 heteroatoms. The summed E-state index contributed by atoms with van der Waals surface area (Å²) < 4.78 is 17.7. The first-order valence-corrected chi connectivity index (χ1v) is 12.3. The van der Waals surface area contributed by atoms with E-state index >= 15 is 0 Å². The molecule has 34 heavy (non-hydrogen) atoms. The molecule has 0 amide bonds. The summed E-state index contributed by atoms with van der Waals surface area (Å²) in [5.74, 6) is -6.07. The average Bonchev–Trinajstić information content (AvgIpc) is 2.79. The SMILES string of the molecule is CC[C@@H](C)C(=O)O[C@H]1C(=O)O[C@H]2C[C@H]3C(C)=C[C@H](O)[C@@H](O)[C@]3(C)[C@@H]3[C@@H]2[C@]12CO[C@]3(O)[C@H](O)[C@@H]2C. The van der Waals surface area contributed by atoms with Gasteiger partial charge in [0.1, 0.15) is 12.2 Å². The lowest BCUT2D eigenvalue weighted by Gasteiger charge is -2.74. The Morgan fingerprint density at radius 1 is 1.29 bits per heavy atom. The van der Waals surface area contributed by atoms with Crippen LogP contribution in [0, 0.1) is 40.4 Å². The molecule has 4 N–H and O–H groups in total. The summed E-state index contributed by atoms with van der Waals surface area (Å²) in [6, 6.07) is 0. The highest BCUT2D eigenvalue weighted by Gasteiger charge is 2.81. The van der Waals surface area contributed by atoms with E-state index < -0.39 is 82.7 Å². The molecule has 0 radical (unpaired) electrons. The Labute approximate surface area is 199 Å². The smallest absolute Gasteiger partial charge is 0.348 e. The molecule has 0 unspecified atom stereocenters. The Morgan fingerprint density at radius 2 is 1.97 bits per heavy atom. The van der Waals surface area contributed by atoms with Crippen molar-refractivity contribution in [1.82, 2.24) is 0 Å². The number of aliphatic hydroxyl groups is 4. The van der Waals surface area contributed by atoms with Crippen LogP contribution < -0.4 is 0 Å². The first kappa shape index (κ1) is 24.2. The monoisotopic (exact) mass is 480 g/mol. The van der Waals surface area contributed by atoms with Gasteiger partial charge < -0.3 is 34.6 Å². The van der Waals surface area contributed by atoms with Gasteiger partial charge in [-0.2, -0.15) is 0 Å². The van der Waals surface area contributed by atoms with Crippen LogP contribution in [0.1, 0.15) is 47.5 Å². The maximum Gasteiger partial charge on any atom is 0.348 e. The van der Waals surface area contributed by atoms with Gasteiger partial charge in [-0.15, -0.1) is 0 Å². The first-order chi connectivity index (χ1) is 15.8. The van der Waals surface area contributed by atoms with Gasteiger partial charge in [-0.3, -0.25) is 4.79 Å². The molecule has 5 fully saturated rings. The van der Waals surface area contributed by atoms with Gasteiger partial charge in [-0.05, 0) is 31.6 Å². The van der Waals surface area contributed by atoms with Gasteiger partial charge >= 0.3 is 11.9 Å². The normalized spacial score (nSPS) is 54.3. The molecule has 3 heterocycles. The largest absolute Gasteiger partial charge is 0.459 e. The average molecular weight is 481 g/mol. The van der Waals surface area contributed by atoms with Crippen molar-refractivity contribution in [2.45, 2.75) is 83.8 Å². The molecule has 9 nitrogen and oxygen atoms in total. The Morgan fingerprint density at radius 3 is 2.62 bits per heavy atom. The van der Waals surface area contributed by atoms with E-state index in [4.69, 9.17) is 14.2 Å². The quantitative estimate of drug-likeness (QED) is 0.336. The molecule has 190 valence electrons. The summed E-state index contributed by atoms with van der Waals surface area (Å²) in [6.07, 6.45) is -3.20. The number of fused-ring (bicyclic) bond motifs is 3. The zero-order chi connectivity index (χ0) is 25.0. The third-order valence-electron chi connectivity index (χ3n) is 10.2. The van der Waals surface area contributed by atoms with E-state index in [9.17, 15) is 30.0 Å². The van der Waals surface area contributed by atoms with Gasteiger partial charge in [-0.1, -0.05) is 39.3 Å². The van der Waals surface area contributed by atoms with Gasteiger partial charge in [0.2, 0.25) is 6.10 Å². The summed E-state index contributed by atoms with van der Waals surface area (Å²) in [5, 5.41) is 45.1. The van der Waals surface area contributed by atoms with Crippen molar-refractivity contribution in [3.63, 3.8) is 0 Å². The molecule has 6 rings (SSSR count). The van der Waals surface area contributed by atoms with E-state index in [1.807, 2.05) is 13.8 Å². The minimum atomic E-state index is -2.02. The summed E-state index contributed by atoms with van der Waals surface area (Å²) >= 11 is 0. The van der Waals surface area contributed by atoms with E-state index in [0.29, 0.717) is 12.8 Å². The van der Waals surface area contributed by atoms with Crippen LogP contribution >= 0.6 is 0 Å². The van der Waals surface area contributed by atoms with Crippen LogP contribution in [0.25, 0.3) is 0 Å². The first-order valence-electron chi connectivity index (χ1n) is 12.3. The van der Waals surface area contributed by atoms with E-state index in [1.165, 1.54) is 0 Å². The fraction of sp³-hybridized carbons (Fsp3) is 0.840. The molecule has 3 aliphatic carbocycles. The molecule has 1 spiro atoms. The fourth-order valence-corrected chi connectivity index (χ4v) is 8.10. The van der Waals surface area contributed by atoms with Crippen LogP contribution in [0.15, 0.2) is 11.6 Å². The second kappa shape index (κ2) is 7.49. The number of ether oxygens (including phenoxy) is 3. The van der Waals surface area contributed by atoms with E-state index in [0.717, 1.165) is 5.57 Å². The molecule has 0 aromatic heterocycles. The van der Waals surface area contributed by atoms with Crippen LogP contribution in [-0.2, 0) is 23.8 Å². The predicted molar refractivity (Wildman–Crippen MR) is 117 cm³/mol. The minimum Gasteiger partial charge on any atom is -0.459 e. The highest BCUT2D eigenvalue weighted by atomic mass is 16.7. The van der Waals surface area contributed by atoms with Gasteiger partial charge in [0.05, 0.1) is 30.1 Å². The number of carbonyl (C=O) groups is 2. The number of allylic oxidation sites excluding steroid dienone is 1. The third kappa shape index (κ3) is 2.68. The number of carbonyl (C=O) groups excluding carboxylic acids is 2. The number of esters is 2. The Balaban J connectivity index is 1.69. The zero-order valence-electron chi connectivity index (χ0n) is 20.3. The topological polar surface area (TPSA) is 143 Å². The summed E-state index contributed by atoms with van der Waals surface area (Å²) in [7, 11) is 0. The summed E-state index contributed by atoms with van der Waals surface area (Å²) in [5.41, 5.74) is -1.41.